The molecular weight excluding hydrogens is 364 g/mol. The molecule has 2 aromatic heterocycles. The minimum atomic E-state index is -0.0826. The van der Waals surface area contributed by atoms with E-state index in [4.69, 9.17) is 5.26 Å². The highest BCUT2D eigenvalue weighted by molar-refractivity contribution is 5.74. The lowest BCUT2D eigenvalue weighted by Crippen LogP contribution is -2.46. The first-order chi connectivity index (χ1) is 14.1. The van der Waals surface area contributed by atoms with Crippen molar-refractivity contribution in [1.29, 1.82) is 10.5 Å². The number of piperazine rings is 1. The van der Waals surface area contributed by atoms with E-state index in [1.807, 2.05) is 18.3 Å². The number of aromatic nitrogens is 2. The van der Waals surface area contributed by atoms with Crippen molar-refractivity contribution in [2.45, 2.75) is 13.5 Å². The summed E-state index contributed by atoms with van der Waals surface area (Å²) in [4.78, 5) is 23.8. The number of anilines is 1. The van der Waals surface area contributed by atoms with Gasteiger partial charge in [-0.05, 0) is 42.8 Å². The van der Waals surface area contributed by atoms with Crippen LogP contribution in [0.5, 0.6) is 0 Å². The fourth-order valence-corrected chi connectivity index (χ4v) is 3.69. The van der Waals surface area contributed by atoms with Gasteiger partial charge in [0.05, 0.1) is 33.9 Å². The van der Waals surface area contributed by atoms with Gasteiger partial charge in [0.1, 0.15) is 6.07 Å². The van der Waals surface area contributed by atoms with Gasteiger partial charge in [-0.15, -0.1) is 0 Å². The lowest BCUT2D eigenvalue weighted by molar-refractivity contribution is 0.249. The molecule has 1 aliphatic heterocycles. The number of nitriles is 2. The van der Waals surface area contributed by atoms with Crippen LogP contribution < -0.4 is 10.5 Å². The summed E-state index contributed by atoms with van der Waals surface area (Å²) in [7, 11) is 0. The second kappa shape index (κ2) is 7.75. The molecule has 0 atom stereocenters. The van der Waals surface area contributed by atoms with Crippen molar-refractivity contribution < 1.29 is 0 Å². The number of nitrogens with zero attached hydrogens (tertiary/aromatic N) is 5. The van der Waals surface area contributed by atoms with Crippen LogP contribution in [0.4, 0.5) is 5.69 Å². The van der Waals surface area contributed by atoms with Crippen molar-refractivity contribution in [3.8, 4) is 12.1 Å². The van der Waals surface area contributed by atoms with E-state index in [1.165, 1.54) is 0 Å². The summed E-state index contributed by atoms with van der Waals surface area (Å²) in [5.74, 6) is 0. The maximum absolute atomic E-state index is 11.9. The zero-order valence-electron chi connectivity index (χ0n) is 16.1. The molecule has 0 unspecified atom stereocenters. The van der Waals surface area contributed by atoms with Gasteiger partial charge >= 0.3 is 0 Å². The summed E-state index contributed by atoms with van der Waals surface area (Å²) >= 11 is 0. The molecule has 0 aliphatic carbocycles. The molecule has 1 N–H and O–H groups in total. The van der Waals surface area contributed by atoms with Crippen molar-refractivity contribution >= 4 is 16.7 Å². The van der Waals surface area contributed by atoms with Crippen LogP contribution in [0, 0.1) is 29.6 Å². The average Bonchev–Trinajstić information content (AvgIpc) is 2.75. The zero-order valence-corrected chi connectivity index (χ0v) is 16.1. The monoisotopic (exact) mass is 384 g/mol. The third-order valence-corrected chi connectivity index (χ3v) is 5.30. The SMILES string of the molecule is Cc1cc2ncc(CN3CCN(c4ccc(C#N)cc4C#N)CC3)cc2[nH]c1=O. The first kappa shape index (κ1) is 18.7. The van der Waals surface area contributed by atoms with Gasteiger partial charge in [0, 0.05) is 44.5 Å². The molecule has 1 aliphatic rings. The second-order valence-electron chi connectivity index (χ2n) is 7.28. The van der Waals surface area contributed by atoms with E-state index >= 15 is 0 Å². The fourth-order valence-electron chi connectivity index (χ4n) is 3.69. The van der Waals surface area contributed by atoms with Gasteiger partial charge in [-0.3, -0.25) is 14.7 Å². The molecule has 29 heavy (non-hydrogen) atoms. The molecule has 7 heteroatoms. The largest absolute Gasteiger partial charge is 0.368 e. The normalized spacial score (nSPS) is 14.5. The van der Waals surface area contributed by atoms with Gasteiger partial charge in [0.2, 0.25) is 0 Å². The highest BCUT2D eigenvalue weighted by atomic mass is 16.1. The molecule has 3 aromatic rings. The van der Waals surface area contributed by atoms with E-state index in [0.717, 1.165) is 55.0 Å². The number of nitrogens with one attached hydrogen (secondary N) is 1. The molecule has 1 aromatic carbocycles. The maximum Gasteiger partial charge on any atom is 0.251 e. The van der Waals surface area contributed by atoms with E-state index in [9.17, 15) is 10.1 Å². The van der Waals surface area contributed by atoms with Crippen molar-refractivity contribution in [3.05, 3.63) is 69.1 Å². The highest BCUT2D eigenvalue weighted by Crippen LogP contribution is 2.23. The first-order valence-corrected chi connectivity index (χ1v) is 9.47. The topological polar surface area (TPSA) is 99.8 Å². The molecule has 3 heterocycles. The van der Waals surface area contributed by atoms with E-state index < -0.39 is 0 Å². The minimum absolute atomic E-state index is 0.0826. The number of rotatable bonds is 3. The Balaban J connectivity index is 1.45. The molecule has 0 spiro atoms. The summed E-state index contributed by atoms with van der Waals surface area (Å²) in [6.07, 6.45) is 1.86. The standard InChI is InChI=1S/C22H20N6O/c1-15-8-19-20(26-22(15)29)10-17(13-25-19)14-27-4-6-28(7-5-27)21-3-2-16(11-23)9-18(21)12-24/h2-3,8-10,13H,4-7,14H2,1H3,(H,26,29). The number of aryl methyl sites for hydroxylation is 1. The van der Waals surface area contributed by atoms with Crippen molar-refractivity contribution in [2.75, 3.05) is 31.1 Å². The maximum atomic E-state index is 11.9. The van der Waals surface area contributed by atoms with Crippen LogP contribution >= 0.6 is 0 Å². The highest BCUT2D eigenvalue weighted by Gasteiger charge is 2.20. The van der Waals surface area contributed by atoms with Gasteiger partial charge in [0.15, 0.2) is 0 Å². The van der Waals surface area contributed by atoms with E-state index in [-0.39, 0.29) is 5.56 Å². The van der Waals surface area contributed by atoms with Crippen LogP contribution in [-0.4, -0.2) is 41.0 Å². The van der Waals surface area contributed by atoms with Gasteiger partial charge in [-0.25, -0.2) is 0 Å². The molecule has 0 radical (unpaired) electrons. The lowest BCUT2D eigenvalue weighted by atomic mass is 10.1. The Hall–Kier alpha value is -3.68. The summed E-state index contributed by atoms with van der Waals surface area (Å²) in [5, 5.41) is 18.4. The molecule has 1 fully saturated rings. The molecule has 4 rings (SSSR count). The summed E-state index contributed by atoms with van der Waals surface area (Å²) in [6.45, 7) is 5.85. The molecule has 0 bridgehead atoms. The third kappa shape index (κ3) is 3.82. The van der Waals surface area contributed by atoms with Gasteiger partial charge < -0.3 is 9.88 Å². The van der Waals surface area contributed by atoms with Crippen LogP contribution in [0.3, 0.4) is 0 Å². The first-order valence-electron chi connectivity index (χ1n) is 9.47. The van der Waals surface area contributed by atoms with Crippen LogP contribution in [-0.2, 0) is 6.54 Å². The Morgan fingerprint density at radius 1 is 1.10 bits per heavy atom. The molecule has 0 amide bonds. The number of fused-ring (bicyclic) bond motifs is 1. The number of hydrogen-bond donors (Lipinski definition) is 1. The predicted molar refractivity (Wildman–Crippen MR) is 110 cm³/mol. The summed E-state index contributed by atoms with van der Waals surface area (Å²) in [6, 6.07) is 13.3. The lowest BCUT2D eigenvalue weighted by Gasteiger charge is -2.36. The van der Waals surface area contributed by atoms with Gasteiger partial charge in [-0.1, -0.05) is 0 Å². The van der Waals surface area contributed by atoms with Crippen LogP contribution in [0.1, 0.15) is 22.3 Å². The smallest absolute Gasteiger partial charge is 0.251 e. The molecule has 1 saturated heterocycles. The van der Waals surface area contributed by atoms with Crippen molar-refractivity contribution in [1.82, 2.24) is 14.9 Å². The van der Waals surface area contributed by atoms with E-state index in [1.54, 1.807) is 25.1 Å². The molecule has 7 nitrogen and oxygen atoms in total. The van der Waals surface area contributed by atoms with Crippen molar-refractivity contribution in [2.24, 2.45) is 0 Å². The van der Waals surface area contributed by atoms with Crippen LogP contribution in [0.15, 0.2) is 41.3 Å². The Labute approximate surface area is 168 Å². The van der Waals surface area contributed by atoms with Crippen LogP contribution in [0.25, 0.3) is 11.0 Å². The second-order valence-corrected chi connectivity index (χ2v) is 7.28. The Bertz CT molecular complexity index is 1210. The average molecular weight is 384 g/mol. The fraction of sp³-hybridized carbons (Fsp3) is 0.273. The Kier molecular flexibility index (Phi) is 4.99. The summed E-state index contributed by atoms with van der Waals surface area (Å²) < 4.78 is 0. The van der Waals surface area contributed by atoms with Crippen LogP contribution in [0.2, 0.25) is 0 Å². The Morgan fingerprint density at radius 2 is 1.90 bits per heavy atom. The minimum Gasteiger partial charge on any atom is -0.368 e. The quantitative estimate of drug-likeness (QED) is 0.744. The number of benzene rings is 1. The Morgan fingerprint density at radius 3 is 2.62 bits per heavy atom. The van der Waals surface area contributed by atoms with Gasteiger partial charge in [0.25, 0.3) is 5.56 Å². The number of hydrogen-bond acceptors (Lipinski definition) is 6. The molecule has 0 saturated carbocycles. The number of aromatic amines is 1. The number of H-pyrrole nitrogens is 1. The number of pyridine rings is 2. The predicted octanol–water partition coefficient (Wildman–Crippen LogP) is 2.30. The van der Waals surface area contributed by atoms with E-state index in [0.29, 0.717) is 16.7 Å². The van der Waals surface area contributed by atoms with Gasteiger partial charge in [-0.2, -0.15) is 10.5 Å². The van der Waals surface area contributed by atoms with Crippen molar-refractivity contribution in [3.63, 3.8) is 0 Å². The molecule has 144 valence electrons. The zero-order chi connectivity index (χ0) is 20.4. The summed E-state index contributed by atoms with van der Waals surface area (Å²) in [5.41, 5.74) is 5.10. The molecular formula is C22H20N6O. The third-order valence-electron chi connectivity index (χ3n) is 5.30. The van der Waals surface area contributed by atoms with E-state index in [2.05, 4.69) is 31.9 Å².